The van der Waals surface area contributed by atoms with Crippen LogP contribution in [-0.2, 0) is 9.31 Å². The Labute approximate surface area is 183 Å². The molecule has 0 unspecified atom stereocenters. The van der Waals surface area contributed by atoms with Crippen LogP contribution in [0.4, 0.5) is 0 Å². The lowest BCUT2D eigenvalue weighted by molar-refractivity contribution is 0.00578. The molecule has 3 nitrogen and oxygen atoms in total. The third-order valence-electron chi connectivity index (χ3n) is 7.45. The SMILES string of the molecule is CC(C)[Si](C(C)C)(C(C)C)n1c(B2OC(C)(C)C(C)(C)O2)cc2cc(Cl)ccc21. The quantitative estimate of drug-likeness (QED) is 0.495. The first-order valence-corrected chi connectivity index (χ1v) is 13.5. The molecule has 0 saturated carbocycles. The standard InChI is InChI=1S/C23H37BClNO2Si/c1-15(2)29(16(3)4,17(5)6)26-20-12-11-19(25)13-18(20)14-21(26)24-27-22(7,8)23(9,10)28-24/h11-17H,1-10H3. The zero-order valence-electron chi connectivity index (χ0n) is 19.8. The van der Waals surface area contributed by atoms with E-state index in [4.69, 9.17) is 20.9 Å². The van der Waals surface area contributed by atoms with Crippen molar-refractivity contribution in [1.29, 1.82) is 0 Å². The smallest absolute Gasteiger partial charge is 0.398 e. The first-order chi connectivity index (χ1) is 13.3. The minimum atomic E-state index is -2.02. The van der Waals surface area contributed by atoms with Gasteiger partial charge < -0.3 is 13.5 Å². The molecule has 1 aliphatic rings. The van der Waals surface area contributed by atoms with Crippen LogP contribution in [0.2, 0.25) is 21.6 Å². The van der Waals surface area contributed by atoms with Gasteiger partial charge in [-0.1, -0.05) is 53.1 Å². The summed E-state index contributed by atoms with van der Waals surface area (Å²) in [6.07, 6.45) is 0. The zero-order chi connectivity index (χ0) is 21.9. The van der Waals surface area contributed by atoms with Gasteiger partial charge in [-0.25, -0.2) is 0 Å². The Balaban J connectivity index is 2.35. The van der Waals surface area contributed by atoms with E-state index in [0.717, 1.165) is 10.6 Å². The van der Waals surface area contributed by atoms with Gasteiger partial charge in [-0.2, -0.15) is 0 Å². The fraction of sp³-hybridized carbons (Fsp3) is 0.652. The summed E-state index contributed by atoms with van der Waals surface area (Å²) in [6.45, 7) is 22.8. The molecule has 0 amide bonds. The minimum absolute atomic E-state index is 0.367. The summed E-state index contributed by atoms with van der Waals surface area (Å²) in [6, 6.07) is 8.51. The van der Waals surface area contributed by atoms with Crippen LogP contribution in [0.15, 0.2) is 24.3 Å². The summed E-state index contributed by atoms with van der Waals surface area (Å²) in [5.41, 5.74) is 3.35. The van der Waals surface area contributed by atoms with Crippen LogP contribution in [0.3, 0.4) is 0 Å². The molecule has 2 aromatic rings. The van der Waals surface area contributed by atoms with E-state index in [1.807, 2.05) is 6.07 Å². The molecule has 0 radical (unpaired) electrons. The van der Waals surface area contributed by atoms with Gasteiger partial charge in [0.1, 0.15) is 0 Å². The molecule has 6 heteroatoms. The van der Waals surface area contributed by atoms with Crippen molar-refractivity contribution in [3.05, 3.63) is 29.3 Å². The largest absolute Gasteiger partial charge is 0.511 e. The second-order valence-electron chi connectivity index (χ2n) is 10.5. The number of halogens is 1. The number of rotatable bonds is 5. The van der Waals surface area contributed by atoms with Gasteiger partial charge in [0.15, 0.2) is 8.24 Å². The zero-order valence-corrected chi connectivity index (χ0v) is 21.5. The summed E-state index contributed by atoms with van der Waals surface area (Å²) < 4.78 is 15.7. The van der Waals surface area contributed by atoms with Gasteiger partial charge in [0.2, 0.25) is 0 Å². The fourth-order valence-electron chi connectivity index (χ4n) is 5.55. The molecule has 1 saturated heterocycles. The summed E-state index contributed by atoms with van der Waals surface area (Å²) in [4.78, 5) is 0. The van der Waals surface area contributed by atoms with Crippen molar-refractivity contribution in [1.82, 2.24) is 4.23 Å². The topological polar surface area (TPSA) is 23.4 Å². The Hall–Kier alpha value is -0.748. The van der Waals surface area contributed by atoms with E-state index in [-0.39, 0.29) is 18.3 Å². The molecule has 1 fully saturated rings. The average Bonchev–Trinajstić information content (AvgIpc) is 3.01. The first kappa shape index (κ1) is 22.9. The van der Waals surface area contributed by atoms with Gasteiger partial charge in [-0.15, -0.1) is 0 Å². The van der Waals surface area contributed by atoms with Crippen LogP contribution in [0.1, 0.15) is 69.2 Å². The molecule has 0 N–H and O–H groups in total. The Morgan fingerprint density at radius 1 is 0.862 bits per heavy atom. The molecular weight excluding hydrogens is 397 g/mol. The van der Waals surface area contributed by atoms with E-state index in [9.17, 15) is 0 Å². The van der Waals surface area contributed by atoms with E-state index in [0.29, 0.717) is 16.6 Å². The molecule has 1 aliphatic heterocycles. The Bertz CT molecular complexity index is 866. The van der Waals surface area contributed by atoms with Gasteiger partial charge in [-0.3, -0.25) is 0 Å². The highest BCUT2D eigenvalue weighted by molar-refractivity contribution is 6.84. The predicted octanol–water partition coefficient (Wildman–Crippen LogP) is 6.62. The van der Waals surface area contributed by atoms with Crippen LogP contribution in [0.5, 0.6) is 0 Å². The highest BCUT2D eigenvalue weighted by Gasteiger charge is 2.55. The Kier molecular flexibility index (Phi) is 5.88. The highest BCUT2D eigenvalue weighted by atomic mass is 35.5. The third-order valence-corrected chi connectivity index (χ3v) is 14.5. The van der Waals surface area contributed by atoms with Crippen LogP contribution in [0.25, 0.3) is 10.9 Å². The molecule has 2 heterocycles. The second kappa shape index (κ2) is 7.44. The Morgan fingerprint density at radius 2 is 1.34 bits per heavy atom. The molecule has 3 rings (SSSR count). The monoisotopic (exact) mass is 433 g/mol. The van der Waals surface area contributed by atoms with E-state index >= 15 is 0 Å². The lowest BCUT2D eigenvalue weighted by Gasteiger charge is -2.46. The first-order valence-electron chi connectivity index (χ1n) is 10.9. The molecule has 0 atom stereocenters. The number of fused-ring (bicyclic) bond motifs is 1. The summed E-state index contributed by atoms with van der Waals surface area (Å²) in [5, 5.41) is 1.93. The maximum atomic E-state index is 6.53. The number of nitrogens with zero attached hydrogens (tertiary/aromatic N) is 1. The minimum Gasteiger partial charge on any atom is -0.398 e. The van der Waals surface area contributed by atoms with Crippen LogP contribution >= 0.6 is 11.6 Å². The van der Waals surface area contributed by atoms with Crippen molar-refractivity contribution in [2.24, 2.45) is 0 Å². The number of hydrogen-bond acceptors (Lipinski definition) is 2. The molecule has 29 heavy (non-hydrogen) atoms. The molecular formula is C23H37BClNO2Si. The third kappa shape index (κ3) is 3.42. The number of hydrogen-bond donors (Lipinski definition) is 0. The van der Waals surface area contributed by atoms with Crippen molar-refractivity contribution >= 4 is 43.5 Å². The highest BCUT2D eigenvalue weighted by Crippen LogP contribution is 2.45. The molecule has 1 aromatic heterocycles. The predicted molar refractivity (Wildman–Crippen MR) is 129 cm³/mol. The van der Waals surface area contributed by atoms with Crippen molar-refractivity contribution < 1.29 is 9.31 Å². The fourth-order valence-corrected chi connectivity index (χ4v) is 12.5. The van der Waals surface area contributed by atoms with Crippen LogP contribution < -0.4 is 5.59 Å². The maximum absolute atomic E-state index is 6.53. The normalized spacial score (nSPS) is 19.3. The molecule has 0 spiro atoms. The average molecular weight is 434 g/mol. The van der Waals surface area contributed by atoms with E-state index in [1.165, 1.54) is 10.9 Å². The summed E-state index contributed by atoms with van der Waals surface area (Å²) >= 11 is 6.37. The van der Waals surface area contributed by atoms with Crippen LogP contribution in [0, 0.1) is 0 Å². The summed E-state index contributed by atoms with van der Waals surface area (Å²) in [7, 11) is -2.40. The van der Waals surface area contributed by atoms with Crippen molar-refractivity contribution in [2.45, 2.75) is 97.1 Å². The lowest BCUT2D eigenvalue weighted by atomic mass is 9.85. The number of benzene rings is 1. The van der Waals surface area contributed by atoms with Gasteiger partial charge in [0, 0.05) is 16.1 Å². The molecule has 0 bridgehead atoms. The molecule has 1 aromatic carbocycles. The van der Waals surface area contributed by atoms with Gasteiger partial charge in [0.05, 0.1) is 11.2 Å². The van der Waals surface area contributed by atoms with Gasteiger partial charge in [-0.05, 0) is 74.0 Å². The van der Waals surface area contributed by atoms with E-state index in [1.54, 1.807) is 0 Å². The van der Waals surface area contributed by atoms with E-state index in [2.05, 4.69) is 91.7 Å². The second-order valence-corrected chi connectivity index (χ2v) is 16.7. The Morgan fingerprint density at radius 3 is 1.79 bits per heavy atom. The van der Waals surface area contributed by atoms with E-state index < -0.39 is 8.24 Å². The van der Waals surface area contributed by atoms with Crippen molar-refractivity contribution in [2.75, 3.05) is 0 Å². The lowest BCUT2D eigenvalue weighted by Crippen LogP contribution is -2.58. The van der Waals surface area contributed by atoms with Gasteiger partial charge in [0.25, 0.3) is 0 Å². The van der Waals surface area contributed by atoms with Crippen molar-refractivity contribution in [3.63, 3.8) is 0 Å². The number of aromatic nitrogens is 1. The van der Waals surface area contributed by atoms with Gasteiger partial charge >= 0.3 is 7.12 Å². The molecule has 160 valence electrons. The molecule has 0 aliphatic carbocycles. The van der Waals surface area contributed by atoms with Crippen LogP contribution in [-0.4, -0.2) is 30.8 Å². The summed E-state index contributed by atoms with van der Waals surface area (Å²) in [5.74, 6) is 0. The van der Waals surface area contributed by atoms with Crippen molar-refractivity contribution in [3.8, 4) is 0 Å². The maximum Gasteiger partial charge on any atom is 0.511 e.